The van der Waals surface area contributed by atoms with E-state index in [1.54, 1.807) is 6.07 Å². The highest BCUT2D eigenvalue weighted by atomic mass is 16.2. The SMILES string of the molecule is O=C(c1ccc(=O)[nH]c1)N1CCCC1c1nc2ccccc2[nH]1. The molecule has 116 valence electrons. The molecule has 0 saturated carbocycles. The lowest BCUT2D eigenvalue weighted by Gasteiger charge is -2.23. The molecule has 0 spiro atoms. The van der Waals surface area contributed by atoms with Crippen molar-refractivity contribution in [2.24, 2.45) is 0 Å². The molecule has 3 heterocycles. The number of hydrogen-bond donors (Lipinski definition) is 2. The minimum atomic E-state index is -0.211. The maximum Gasteiger partial charge on any atom is 0.255 e. The smallest absolute Gasteiger partial charge is 0.255 e. The number of para-hydroxylation sites is 2. The van der Waals surface area contributed by atoms with Crippen LogP contribution in [0.3, 0.4) is 0 Å². The van der Waals surface area contributed by atoms with Crippen LogP contribution in [-0.2, 0) is 0 Å². The summed E-state index contributed by atoms with van der Waals surface area (Å²) >= 11 is 0. The minimum absolute atomic E-state index is 0.0539. The van der Waals surface area contributed by atoms with Crippen LogP contribution in [0.1, 0.15) is 35.1 Å². The Bertz CT molecular complexity index is 874. The molecule has 1 aromatic carbocycles. The number of likely N-dealkylation sites (tertiary alicyclic amines) is 1. The van der Waals surface area contributed by atoms with Gasteiger partial charge in [0.1, 0.15) is 5.82 Å². The number of rotatable bonds is 2. The molecule has 0 aliphatic carbocycles. The van der Waals surface area contributed by atoms with Crippen LogP contribution in [0.5, 0.6) is 0 Å². The molecular formula is C17H16N4O2. The number of hydrogen-bond acceptors (Lipinski definition) is 3. The maximum absolute atomic E-state index is 12.7. The Morgan fingerprint density at radius 3 is 2.87 bits per heavy atom. The van der Waals surface area contributed by atoms with E-state index in [1.165, 1.54) is 12.3 Å². The largest absolute Gasteiger partial charge is 0.340 e. The van der Waals surface area contributed by atoms with Crippen molar-refractivity contribution in [1.29, 1.82) is 0 Å². The number of carbonyl (C=O) groups excluding carboxylic acids is 1. The lowest BCUT2D eigenvalue weighted by atomic mass is 10.2. The van der Waals surface area contributed by atoms with Crippen molar-refractivity contribution in [1.82, 2.24) is 19.9 Å². The van der Waals surface area contributed by atoms with Crippen molar-refractivity contribution in [2.45, 2.75) is 18.9 Å². The fraction of sp³-hybridized carbons (Fsp3) is 0.235. The molecule has 6 heteroatoms. The standard InChI is InChI=1S/C17H16N4O2/c22-15-8-7-11(10-18-15)17(23)21-9-3-6-14(21)16-19-12-4-1-2-5-13(12)20-16/h1-2,4-5,7-8,10,14H,3,6,9H2,(H,18,22)(H,19,20). The summed E-state index contributed by atoms with van der Waals surface area (Å²) in [4.78, 5) is 36.2. The zero-order valence-corrected chi connectivity index (χ0v) is 12.5. The Kier molecular flexibility index (Phi) is 3.22. The van der Waals surface area contributed by atoms with E-state index in [1.807, 2.05) is 29.2 Å². The van der Waals surface area contributed by atoms with E-state index in [-0.39, 0.29) is 17.5 Å². The van der Waals surface area contributed by atoms with Gasteiger partial charge in [-0.1, -0.05) is 12.1 Å². The van der Waals surface area contributed by atoms with Gasteiger partial charge in [0.15, 0.2) is 0 Å². The Morgan fingerprint density at radius 1 is 1.22 bits per heavy atom. The summed E-state index contributed by atoms with van der Waals surface area (Å²) in [7, 11) is 0. The first-order chi connectivity index (χ1) is 11.2. The van der Waals surface area contributed by atoms with E-state index in [4.69, 9.17) is 0 Å². The molecule has 0 radical (unpaired) electrons. The van der Waals surface area contributed by atoms with Crippen molar-refractivity contribution in [3.8, 4) is 0 Å². The molecule has 1 aliphatic rings. The Balaban J connectivity index is 1.67. The summed E-state index contributed by atoms with van der Waals surface area (Å²) in [6, 6.07) is 10.7. The highest BCUT2D eigenvalue weighted by Crippen LogP contribution is 2.32. The molecule has 0 bridgehead atoms. The number of amides is 1. The lowest BCUT2D eigenvalue weighted by molar-refractivity contribution is 0.0730. The van der Waals surface area contributed by atoms with Crippen molar-refractivity contribution < 1.29 is 4.79 Å². The molecule has 1 amide bonds. The monoisotopic (exact) mass is 308 g/mol. The van der Waals surface area contributed by atoms with Crippen molar-refractivity contribution in [2.75, 3.05) is 6.54 Å². The number of H-pyrrole nitrogens is 2. The molecule has 1 saturated heterocycles. The van der Waals surface area contributed by atoms with Gasteiger partial charge < -0.3 is 14.9 Å². The molecular weight excluding hydrogens is 292 g/mol. The van der Waals surface area contributed by atoms with Crippen molar-refractivity contribution in [3.63, 3.8) is 0 Å². The molecule has 2 aromatic heterocycles. The van der Waals surface area contributed by atoms with E-state index in [0.29, 0.717) is 12.1 Å². The maximum atomic E-state index is 12.7. The summed E-state index contributed by atoms with van der Waals surface area (Å²) in [5.74, 6) is 0.741. The Labute approximate surface area is 132 Å². The number of aromatic nitrogens is 3. The molecule has 1 atom stereocenters. The molecule has 2 N–H and O–H groups in total. The van der Waals surface area contributed by atoms with E-state index >= 15 is 0 Å². The van der Waals surface area contributed by atoms with Gasteiger partial charge in [-0.15, -0.1) is 0 Å². The third-order valence-corrected chi connectivity index (χ3v) is 4.27. The van der Waals surface area contributed by atoms with Crippen LogP contribution in [0.15, 0.2) is 47.4 Å². The Morgan fingerprint density at radius 2 is 2.09 bits per heavy atom. The van der Waals surface area contributed by atoms with E-state index < -0.39 is 0 Å². The lowest BCUT2D eigenvalue weighted by Crippen LogP contribution is -2.31. The third-order valence-electron chi connectivity index (χ3n) is 4.27. The molecule has 23 heavy (non-hydrogen) atoms. The second-order valence-electron chi connectivity index (χ2n) is 5.74. The van der Waals surface area contributed by atoms with Crippen molar-refractivity contribution in [3.05, 3.63) is 64.3 Å². The number of benzene rings is 1. The zero-order valence-electron chi connectivity index (χ0n) is 12.5. The number of nitrogens with zero attached hydrogens (tertiary/aromatic N) is 2. The predicted molar refractivity (Wildman–Crippen MR) is 86.2 cm³/mol. The average molecular weight is 308 g/mol. The van der Waals surface area contributed by atoms with Crippen LogP contribution < -0.4 is 5.56 Å². The highest BCUT2D eigenvalue weighted by Gasteiger charge is 2.32. The van der Waals surface area contributed by atoms with Crippen LogP contribution >= 0.6 is 0 Å². The van der Waals surface area contributed by atoms with Crippen LogP contribution in [-0.4, -0.2) is 32.3 Å². The summed E-state index contributed by atoms with van der Waals surface area (Å²) < 4.78 is 0. The van der Waals surface area contributed by atoms with Crippen LogP contribution in [0.2, 0.25) is 0 Å². The first-order valence-corrected chi connectivity index (χ1v) is 7.67. The highest BCUT2D eigenvalue weighted by molar-refractivity contribution is 5.94. The van der Waals surface area contributed by atoms with Crippen LogP contribution in [0.4, 0.5) is 0 Å². The van der Waals surface area contributed by atoms with Gasteiger partial charge in [-0.3, -0.25) is 9.59 Å². The molecule has 1 fully saturated rings. The number of imidazole rings is 1. The molecule has 3 aromatic rings. The fourth-order valence-corrected chi connectivity index (χ4v) is 3.13. The zero-order chi connectivity index (χ0) is 15.8. The predicted octanol–water partition coefficient (Wildman–Crippen LogP) is 2.23. The van der Waals surface area contributed by atoms with Gasteiger partial charge in [0.25, 0.3) is 5.91 Å². The van der Waals surface area contributed by atoms with Gasteiger partial charge in [-0.2, -0.15) is 0 Å². The minimum Gasteiger partial charge on any atom is -0.340 e. The topological polar surface area (TPSA) is 81.8 Å². The number of nitrogens with one attached hydrogen (secondary N) is 2. The van der Waals surface area contributed by atoms with Gasteiger partial charge in [-0.25, -0.2) is 4.98 Å². The summed E-state index contributed by atoms with van der Waals surface area (Å²) in [6.07, 6.45) is 3.30. The van der Waals surface area contributed by atoms with Crippen LogP contribution in [0.25, 0.3) is 11.0 Å². The van der Waals surface area contributed by atoms with Gasteiger partial charge >= 0.3 is 0 Å². The first-order valence-electron chi connectivity index (χ1n) is 7.67. The van der Waals surface area contributed by atoms with E-state index in [9.17, 15) is 9.59 Å². The van der Waals surface area contributed by atoms with Gasteiger partial charge in [0, 0.05) is 18.8 Å². The Hall–Kier alpha value is -2.89. The van der Waals surface area contributed by atoms with Gasteiger partial charge in [-0.05, 0) is 31.0 Å². The number of carbonyl (C=O) groups is 1. The number of aromatic amines is 2. The molecule has 1 aliphatic heterocycles. The van der Waals surface area contributed by atoms with E-state index in [0.717, 1.165) is 29.7 Å². The quantitative estimate of drug-likeness (QED) is 0.761. The average Bonchev–Trinajstić information content (AvgIpc) is 3.21. The second-order valence-corrected chi connectivity index (χ2v) is 5.74. The number of pyridine rings is 1. The molecule has 4 rings (SSSR count). The molecule has 1 unspecified atom stereocenters. The van der Waals surface area contributed by atoms with Gasteiger partial charge in [0.2, 0.25) is 5.56 Å². The summed E-state index contributed by atoms with van der Waals surface area (Å²) in [5, 5.41) is 0. The first kappa shape index (κ1) is 13.8. The molecule has 6 nitrogen and oxygen atoms in total. The third kappa shape index (κ3) is 2.42. The summed E-state index contributed by atoms with van der Waals surface area (Å²) in [6.45, 7) is 0.694. The van der Waals surface area contributed by atoms with E-state index in [2.05, 4.69) is 15.0 Å². The second kappa shape index (κ2) is 5.39. The van der Waals surface area contributed by atoms with Crippen molar-refractivity contribution >= 4 is 16.9 Å². The summed E-state index contributed by atoms with van der Waals surface area (Å²) in [5.41, 5.74) is 2.17. The normalized spacial score (nSPS) is 17.7. The van der Waals surface area contributed by atoms with Gasteiger partial charge in [0.05, 0.1) is 22.6 Å². The number of fused-ring (bicyclic) bond motifs is 1. The van der Waals surface area contributed by atoms with Crippen LogP contribution in [0, 0.1) is 0 Å². The fourth-order valence-electron chi connectivity index (χ4n) is 3.13.